The predicted molar refractivity (Wildman–Crippen MR) is 93.2 cm³/mol. The fourth-order valence-corrected chi connectivity index (χ4v) is 3.60. The third-order valence-corrected chi connectivity index (χ3v) is 5.76. The van der Waals surface area contributed by atoms with Crippen LogP contribution in [0.5, 0.6) is 0 Å². The number of hydrogen-bond donors (Lipinski definition) is 2. The van der Waals surface area contributed by atoms with Gasteiger partial charge in [-0.3, -0.25) is 0 Å². The number of rotatable bonds is 0. The first-order valence-electron chi connectivity index (χ1n) is 6.49. The van der Waals surface area contributed by atoms with Crippen LogP contribution in [0, 0.1) is 0 Å². The van der Waals surface area contributed by atoms with Crippen molar-refractivity contribution >= 4 is 48.8 Å². The molecular weight excluding hydrogens is 336 g/mol. The topological polar surface area (TPSA) is 36.9 Å². The van der Waals surface area contributed by atoms with Crippen molar-refractivity contribution in [3.05, 3.63) is 8.47 Å². The molecule has 118 valence electrons. The van der Waals surface area contributed by atoms with Crippen molar-refractivity contribution in [2.24, 2.45) is 0 Å². The van der Waals surface area contributed by atoms with Gasteiger partial charge in [-0.25, -0.2) is 0 Å². The van der Waals surface area contributed by atoms with E-state index in [9.17, 15) is 0 Å². The summed E-state index contributed by atoms with van der Waals surface area (Å²) in [6, 6.07) is 0. The summed E-state index contributed by atoms with van der Waals surface area (Å²) in [7, 11) is 0. The number of thiol groups is 2. The fraction of sp³-hybridized carbons (Fsp3) is 0.833. The summed E-state index contributed by atoms with van der Waals surface area (Å²) in [5, 5.41) is 0. The second-order valence-corrected chi connectivity index (χ2v) is 7.47. The lowest BCUT2D eigenvalue weighted by Crippen LogP contribution is -2.13. The molecule has 0 spiro atoms. The van der Waals surface area contributed by atoms with Crippen molar-refractivity contribution < 1.29 is 18.9 Å². The molecule has 0 saturated carbocycles. The van der Waals surface area contributed by atoms with Gasteiger partial charge in [0.15, 0.2) is 0 Å². The van der Waals surface area contributed by atoms with Crippen LogP contribution >= 0.6 is 48.8 Å². The number of ether oxygens (including phenoxy) is 4. The number of hydrogen-bond acceptors (Lipinski definition) is 8. The summed E-state index contributed by atoms with van der Waals surface area (Å²) >= 11 is 12.2. The number of thioether (sulfide) groups is 2. The van der Waals surface area contributed by atoms with Gasteiger partial charge in [0, 0.05) is 11.5 Å². The summed E-state index contributed by atoms with van der Waals surface area (Å²) in [6.07, 6.45) is 0. The molecule has 1 heterocycles. The average molecular weight is 359 g/mol. The Labute approximate surface area is 140 Å². The average Bonchev–Trinajstić information content (AvgIpc) is 2.45. The Balaban J connectivity index is 2.26. The van der Waals surface area contributed by atoms with Crippen molar-refractivity contribution in [1.29, 1.82) is 0 Å². The van der Waals surface area contributed by atoms with Crippen LogP contribution in [0.1, 0.15) is 0 Å². The van der Waals surface area contributed by atoms with Crippen LogP contribution in [0.4, 0.5) is 0 Å². The summed E-state index contributed by atoms with van der Waals surface area (Å²) < 4.78 is 23.6. The van der Waals surface area contributed by atoms with Gasteiger partial charge in [-0.05, 0) is 0 Å². The highest BCUT2D eigenvalue weighted by Crippen LogP contribution is 2.32. The summed E-state index contributed by atoms with van der Waals surface area (Å²) in [5.41, 5.74) is 0. The van der Waals surface area contributed by atoms with E-state index in [1.54, 1.807) is 23.5 Å². The molecule has 0 aromatic rings. The molecule has 1 rings (SSSR count). The van der Waals surface area contributed by atoms with Crippen molar-refractivity contribution in [2.45, 2.75) is 0 Å². The molecule has 4 nitrogen and oxygen atoms in total. The lowest BCUT2D eigenvalue weighted by molar-refractivity contribution is 0.00147. The highest BCUT2D eigenvalue weighted by molar-refractivity contribution is 8.21. The van der Waals surface area contributed by atoms with E-state index in [1.165, 1.54) is 0 Å². The van der Waals surface area contributed by atoms with Gasteiger partial charge >= 0.3 is 0 Å². The quantitative estimate of drug-likeness (QED) is 0.648. The van der Waals surface area contributed by atoms with Gasteiger partial charge in [-0.2, -0.15) is 0 Å². The molecule has 0 unspecified atom stereocenters. The Morgan fingerprint density at radius 2 is 0.850 bits per heavy atom. The van der Waals surface area contributed by atoms with E-state index in [0.29, 0.717) is 52.9 Å². The first kappa shape index (κ1) is 19.0. The first-order valence-corrected chi connectivity index (χ1v) is 9.36. The van der Waals surface area contributed by atoms with E-state index in [-0.39, 0.29) is 0 Å². The van der Waals surface area contributed by atoms with Gasteiger partial charge in [-0.15, -0.1) is 48.8 Å². The summed E-state index contributed by atoms with van der Waals surface area (Å²) in [6.45, 7) is 4.98. The third-order valence-electron chi connectivity index (χ3n) is 2.23. The summed E-state index contributed by atoms with van der Waals surface area (Å²) in [4.78, 5) is 0. The van der Waals surface area contributed by atoms with E-state index < -0.39 is 0 Å². The monoisotopic (exact) mass is 358 g/mol. The Bertz CT molecular complexity index is 250. The van der Waals surface area contributed by atoms with Crippen molar-refractivity contribution in [2.75, 3.05) is 64.4 Å². The third kappa shape index (κ3) is 10.7. The molecule has 1 aliphatic rings. The Morgan fingerprint density at radius 3 is 1.20 bits per heavy atom. The van der Waals surface area contributed by atoms with Gasteiger partial charge in [0.25, 0.3) is 0 Å². The minimum Gasteiger partial charge on any atom is -0.378 e. The van der Waals surface area contributed by atoms with Crippen molar-refractivity contribution in [1.82, 2.24) is 0 Å². The standard InChI is InChI=1S/C12H22O4S4/c17-11-12(18)20-10-8-16-6-4-14-2-1-13-3-5-15-7-9-19-11/h17-18H,1-10H2/b12-11-. The van der Waals surface area contributed by atoms with E-state index in [4.69, 9.17) is 18.9 Å². The van der Waals surface area contributed by atoms with Crippen molar-refractivity contribution in [3.8, 4) is 0 Å². The van der Waals surface area contributed by atoms with Crippen LogP contribution in [0.2, 0.25) is 0 Å². The molecule has 0 atom stereocenters. The van der Waals surface area contributed by atoms with Crippen LogP contribution in [-0.4, -0.2) is 64.4 Å². The molecule has 0 radical (unpaired) electrons. The smallest absolute Gasteiger partial charge is 0.0701 e. The maximum atomic E-state index is 5.47. The zero-order chi connectivity index (χ0) is 14.5. The molecule has 0 amide bonds. The highest BCUT2D eigenvalue weighted by atomic mass is 32.2. The van der Waals surface area contributed by atoms with Gasteiger partial charge in [0.05, 0.1) is 61.3 Å². The normalized spacial score (nSPS) is 26.7. The lowest BCUT2D eigenvalue weighted by Gasteiger charge is -2.09. The van der Waals surface area contributed by atoms with Crippen LogP contribution in [0.15, 0.2) is 8.47 Å². The van der Waals surface area contributed by atoms with Crippen molar-refractivity contribution in [3.63, 3.8) is 0 Å². The zero-order valence-corrected chi connectivity index (χ0v) is 14.8. The van der Waals surface area contributed by atoms with E-state index in [2.05, 4.69) is 25.3 Å². The molecule has 1 aliphatic heterocycles. The summed E-state index contributed by atoms with van der Waals surface area (Å²) in [5.74, 6) is 1.73. The van der Waals surface area contributed by atoms with Gasteiger partial charge in [-0.1, -0.05) is 0 Å². The molecular formula is C12H22O4S4. The maximum Gasteiger partial charge on any atom is 0.0701 e. The maximum absolute atomic E-state index is 5.47. The molecule has 0 saturated heterocycles. The van der Waals surface area contributed by atoms with Crippen LogP contribution < -0.4 is 0 Å². The van der Waals surface area contributed by atoms with Crippen LogP contribution in [0.3, 0.4) is 0 Å². The minimum atomic E-state index is 0.598. The first-order chi connectivity index (χ1) is 9.80. The molecule has 0 aromatic carbocycles. The van der Waals surface area contributed by atoms with E-state index >= 15 is 0 Å². The molecule has 0 aromatic heterocycles. The second-order valence-electron chi connectivity index (χ2n) is 3.76. The molecule has 0 bridgehead atoms. The lowest BCUT2D eigenvalue weighted by atomic mass is 10.7. The van der Waals surface area contributed by atoms with Gasteiger partial charge in [0.1, 0.15) is 0 Å². The Hall–Kier alpha value is 0.980. The van der Waals surface area contributed by atoms with Gasteiger partial charge < -0.3 is 18.9 Å². The van der Waals surface area contributed by atoms with Crippen LogP contribution in [-0.2, 0) is 18.9 Å². The molecule has 0 fully saturated rings. The zero-order valence-electron chi connectivity index (χ0n) is 11.4. The predicted octanol–water partition coefficient (Wildman–Crippen LogP) is 2.52. The highest BCUT2D eigenvalue weighted by Gasteiger charge is 2.02. The molecule has 20 heavy (non-hydrogen) atoms. The SMILES string of the molecule is S/C1=C(\S)SCCOCCOCCOCCOCCS1. The van der Waals surface area contributed by atoms with Gasteiger partial charge in [0.2, 0.25) is 0 Å². The largest absolute Gasteiger partial charge is 0.378 e. The molecule has 0 N–H and O–H groups in total. The Morgan fingerprint density at radius 1 is 0.550 bits per heavy atom. The minimum absolute atomic E-state index is 0.598. The van der Waals surface area contributed by atoms with E-state index in [0.717, 1.165) is 20.0 Å². The van der Waals surface area contributed by atoms with E-state index in [1.807, 2.05) is 0 Å². The molecule has 0 aliphatic carbocycles. The fourth-order valence-electron chi connectivity index (χ4n) is 1.28. The Kier molecular flexibility index (Phi) is 13.0. The molecule has 8 heteroatoms. The second kappa shape index (κ2) is 13.6. The van der Waals surface area contributed by atoms with Crippen LogP contribution in [0.25, 0.3) is 0 Å².